The van der Waals surface area contributed by atoms with Crippen molar-refractivity contribution >= 4 is 44.9 Å². The third-order valence-electron chi connectivity index (χ3n) is 2.58. The molecular formula is C13H10N4OS2. The number of thiazole rings is 1. The molecule has 5 nitrogen and oxygen atoms in total. The van der Waals surface area contributed by atoms with Gasteiger partial charge in [-0.15, -0.1) is 11.3 Å². The SMILES string of the molecule is NC(=O)c1cc(Sc2nc3ccc(N)cc3s2)ccn1. The van der Waals surface area contributed by atoms with Crippen molar-refractivity contribution in [2.24, 2.45) is 5.73 Å². The fraction of sp³-hybridized carbons (Fsp3) is 0. The Morgan fingerprint density at radius 3 is 2.90 bits per heavy atom. The van der Waals surface area contributed by atoms with Gasteiger partial charge < -0.3 is 11.5 Å². The van der Waals surface area contributed by atoms with Crippen LogP contribution >= 0.6 is 23.1 Å². The minimum atomic E-state index is -0.537. The van der Waals surface area contributed by atoms with Crippen LogP contribution in [0.1, 0.15) is 10.5 Å². The summed E-state index contributed by atoms with van der Waals surface area (Å²) in [6.07, 6.45) is 1.56. The number of pyridine rings is 1. The number of amides is 1. The summed E-state index contributed by atoms with van der Waals surface area (Å²) >= 11 is 3.03. The number of rotatable bonds is 3. The average molecular weight is 302 g/mol. The molecule has 0 aliphatic rings. The maximum absolute atomic E-state index is 11.1. The molecule has 0 radical (unpaired) electrons. The summed E-state index contributed by atoms with van der Waals surface area (Å²) in [5, 5.41) is 0. The molecule has 0 saturated carbocycles. The highest BCUT2D eigenvalue weighted by Gasteiger charge is 2.08. The van der Waals surface area contributed by atoms with Crippen molar-refractivity contribution in [3.63, 3.8) is 0 Å². The van der Waals surface area contributed by atoms with Crippen molar-refractivity contribution in [3.05, 3.63) is 42.2 Å². The quantitative estimate of drug-likeness (QED) is 0.725. The summed E-state index contributed by atoms with van der Waals surface area (Å²) < 4.78 is 1.92. The van der Waals surface area contributed by atoms with Crippen molar-refractivity contribution < 1.29 is 4.79 Å². The molecule has 0 saturated heterocycles. The molecule has 2 aromatic heterocycles. The number of nitrogen functional groups attached to an aromatic ring is 1. The molecule has 0 atom stereocenters. The molecule has 3 aromatic rings. The Labute approximate surface area is 123 Å². The average Bonchev–Trinajstić information content (AvgIpc) is 2.80. The number of carbonyl (C=O) groups excluding carboxylic acids is 1. The van der Waals surface area contributed by atoms with Gasteiger partial charge in [0.1, 0.15) is 5.69 Å². The molecule has 0 aliphatic carbocycles. The Morgan fingerprint density at radius 2 is 2.10 bits per heavy atom. The van der Waals surface area contributed by atoms with Gasteiger partial charge in [-0.25, -0.2) is 4.98 Å². The van der Waals surface area contributed by atoms with E-state index in [1.54, 1.807) is 23.6 Å². The predicted octanol–water partition coefficient (Wildman–Crippen LogP) is 2.52. The molecule has 20 heavy (non-hydrogen) atoms. The fourth-order valence-corrected chi connectivity index (χ4v) is 3.79. The second-order valence-electron chi connectivity index (χ2n) is 4.05. The number of hydrogen-bond donors (Lipinski definition) is 2. The van der Waals surface area contributed by atoms with Crippen molar-refractivity contribution in [1.82, 2.24) is 9.97 Å². The summed E-state index contributed by atoms with van der Waals surface area (Å²) in [7, 11) is 0. The van der Waals surface area contributed by atoms with Crippen molar-refractivity contribution in [2.75, 3.05) is 5.73 Å². The van der Waals surface area contributed by atoms with Gasteiger partial charge in [0.05, 0.1) is 10.2 Å². The summed E-state index contributed by atoms with van der Waals surface area (Å²) in [6.45, 7) is 0. The van der Waals surface area contributed by atoms with Crippen LogP contribution in [0.4, 0.5) is 5.69 Å². The van der Waals surface area contributed by atoms with Crippen LogP contribution < -0.4 is 11.5 Å². The van der Waals surface area contributed by atoms with E-state index in [0.717, 1.165) is 25.1 Å². The molecule has 7 heteroatoms. The highest BCUT2D eigenvalue weighted by atomic mass is 32.2. The van der Waals surface area contributed by atoms with E-state index in [4.69, 9.17) is 11.5 Å². The van der Waals surface area contributed by atoms with Gasteiger partial charge >= 0.3 is 0 Å². The number of anilines is 1. The molecule has 0 aliphatic heterocycles. The van der Waals surface area contributed by atoms with Crippen molar-refractivity contribution in [3.8, 4) is 0 Å². The monoisotopic (exact) mass is 302 g/mol. The predicted molar refractivity (Wildman–Crippen MR) is 80.9 cm³/mol. The molecule has 3 rings (SSSR count). The Balaban J connectivity index is 1.92. The molecule has 0 spiro atoms. The van der Waals surface area contributed by atoms with Gasteiger partial charge in [-0.1, -0.05) is 11.8 Å². The van der Waals surface area contributed by atoms with E-state index in [1.165, 1.54) is 11.8 Å². The van der Waals surface area contributed by atoms with Crippen LogP contribution in [0.2, 0.25) is 0 Å². The highest BCUT2D eigenvalue weighted by Crippen LogP contribution is 2.34. The molecule has 0 unspecified atom stereocenters. The maximum Gasteiger partial charge on any atom is 0.267 e. The summed E-state index contributed by atoms with van der Waals surface area (Å²) in [5.74, 6) is -0.537. The van der Waals surface area contributed by atoms with E-state index < -0.39 is 5.91 Å². The van der Waals surface area contributed by atoms with E-state index in [2.05, 4.69) is 9.97 Å². The molecule has 0 fully saturated rings. The molecular weight excluding hydrogens is 292 g/mol. The second kappa shape index (κ2) is 5.10. The number of carbonyl (C=O) groups is 1. The van der Waals surface area contributed by atoms with Gasteiger partial charge in [0.25, 0.3) is 5.91 Å². The van der Waals surface area contributed by atoms with E-state index in [-0.39, 0.29) is 5.69 Å². The topological polar surface area (TPSA) is 94.9 Å². The van der Waals surface area contributed by atoms with Crippen LogP contribution in [0.3, 0.4) is 0 Å². The Morgan fingerprint density at radius 1 is 1.25 bits per heavy atom. The maximum atomic E-state index is 11.1. The van der Waals surface area contributed by atoms with Crippen LogP contribution in [0.15, 0.2) is 45.8 Å². The molecule has 0 bridgehead atoms. The first-order valence-corrected chi connectivity index (χ1v) is 7.35. The lowest BCUT2D eigenvalue weighted by molar-refractivity contribution is 0.0995. The fourth-order valence-electron chi connectivity index (χ4n) is 1.67. The lowest BCUT2D eigenvalue weighted by Crippen LogP contribution is -2.12. The van der Waals surface area contributed by atoms with E-state index in [0.29, 0.717) is 0 Å². The first kappa shape index (κ1) is 12.9. The number of aromatic nitrogens is 2. The standard InChI is InChI=1S/C13H10N4OS2/c14-7-1-2-9-11(5-7)20-13(17-9)19-8-3-4-16-10(6-8)12(15)18/h1-6H,14H2,(H2,15,18). The number of hydrogen-bond acceptors (Lipinski definition) is 6. The number of fused-ring (bicyclic) bond motifs is 1. The van der Waals surface area contributed by atoms with Gasteiger partial charge in [-0.3, -0.25) is 9.78 Å². The Kier molecular flexibility index (Phi) is 3.29. The highest BCUT2D eigenvalue weighted by molar-refractivity contribution is 8.01. The van der Waals surface area contributed by atoms with Gasteiger partial charge in [0, 0.05) is 16.8 Å². The van der Waals surface area contributed by atoms with Crippen molar-refractivity contribution in [1.29, 1.82) is 0 Å². The smallest absolute Gasteiger partial charge is 0.267 e. The first-order chi connectivity index (χ1) is 9.61. The van der Waals surface area contributed by atoms with Crippen LogP contribution in [-0.2, 0) is 0 Å². The van der Waals surface area contributed by atoms with Gasteiger partial charge in [0.2, 0.25) is 0 Å². The van der Waals surface area contributed by atoms with Gasteiger partial charge in [-0.2, -0.15) is 0 Å². The Hall–Kier alpha value is -2.12. The minimum absolute atomic E-state index is 0.250. The first-order valence-electron chi connectivity index (χ1n) is 5.71. The van der Waals surface area contributed by atoms with Crippen LogP contribution in [0.5, 0.6) is 0 Å². The summed E-state index contributed by atoms with van der Waals surface area (Å²) in [6, 6.07) is 9.10. The molecule has 4 N–H and O–H groups in total. The molecule has 1 amide bonds. The summed E-state index contributed by atoms with van der Waals surface area (Å²) in [5.41, 5.74) is 12.9. The zero-order valence-corrected chi connectivity index (χ0v) is 11.9. The second-order valence-corrected chi connectivity index (χ2v) is 6.40. The lowest BCUT2D eigenvalue weighted by Gasteiger charge is -1.98. The zero-order chi connectivity index (χ0) is 14.1. The van der Waals surface area contributed by atoms with Crippen LogP contribution in [-0.4, -0.2) is 15.9 Å². The third kappa shape index (κ3) is 2.59. The van der Waals surface area contributed by atoms with E-state index in [9.17, 15) is 4.79 Å². The summed E-state index contributed by atoms with van der Waals surface area (Å²) in [4.78, 5) is 20.4. The van der Waals surface area contributed by atoms with Gasteiger partial charge in [0.15, 0.2) is 4.34 Å². The van der Waals surface area contributed by atoms with E-state index in [1.807, 2.05) is 24.3 Å². The normalized spacial score (nSPS) is 10.8. The Bertz CT molecular complexity index is 800. The minimum Gasteiger partial charge on any atom is -0.399 e. The largest absolute Gasteiger partial charge is 0.399 e. The van der Waals surface area contributed by atoms with Crippen LogP contribution in [0, 0.1) is 0 Å². The number of nitrogens with zero attached hydrogens (tertiary/aromatic N) is 2. The van der Waals surface area contributed by atoms with Crippen LogP contribution in [0.25, 0.3) is 10.2 Å². The molecule has 1 aromatic carbocycles. The zero-order valence-electron chi connectivity index (χ0n) is 10.2. The molecule has 2 heterocycles. The van der Waals surface area contributed by atoms with Crippen molar-refractivity contribution in [2.45, 2.75) is 9.24 Å². The third-order valence-corrected chi connectivity index (χ3v) is 4.65. The lowest BCUT2D eigenvalue weighted by atomic mass is 10.3. The molecule has 100 valence electrons. The number of benzene rings is 1. The van der Waals surface area contributed by atoms with E-state index >= 15 is 0 Å². The number of nitrogens with two attached hydrogens (primary N) is 2. The van der Waals surface area contributed by atoms with Gasteiger partial charge in [-0.05, 0) is 30.3 Å². The number of primary amides is 1.